The van der Waals surface area contributed by atoms with Gasteiger partial charge in [0.2, 0.25) is 11.8 Å². The van der Waals surface area contributed by atoms with Gasteiger partial charge in [0.25, 0.3) is 0 Å². The van der Waals surface area contributed by atoms with Crippen molar-refractivity contribution in [1.29, 1.82) is 0 Å². The second kappa shape index (κ2) is 5.52. The second-order valence-electron chi connectivity index (χ2n) is 5.56. The predicted octanol–water partition coefficient (Wildman–Crippen LogP) is 1.26. The van der Waals surface area contributed by atoms with Gasteiger partial charge in [-0.2, -0.15) is 0 Å². The Balaban J connectivity index is 1.61. The van der Waals surface area contributed by atoms with E-state index < -0.39 is 0 Å². The number of rotatable bonds is 4. The summed E-state index contributed by atoms with van der Waals surface area (Å²) in [5, 5.41) is 5.89. The molecule has 6 heteroatoms. The van der Waals surface area contributed by atoms with Crippen molar-refractivity contribution in [3.05, 3.63) is 16.1 Å². The number of amides is 2. The number of nitrogens with zero attached hydrogens (tertiary/aromatic N) is 2. The molecule has 1 N–H and O–H groups in total. The number of likely N-dealkylation sites (tertiary alicyclic amines) is 1. The zero-order chi connectivity index (χ0) is 14.1. The summed E-state index contributed by atoms with van der Waals surface area (Å²) in [7, 11) is 0. The largest absolute Gasteiger partial charge is 0.352 e. The maximum Gasteiger partial charge on any atom is 0.243 e. The Kier molecular flexibility index (Phi) is 3.74. The first-order valence-corrected chi connectivity index (χ1v) is 8.02. The van der Waals surface area contributed by atoms with Gasteiger partial charge in [-0.15, -0.1) is 11.3 Å². The molecule has 2 aliphatic rings. The standard InChI is InChI=1S/C14H19N3O2S/c1-9-15-11(8-20-9)7-13(18)17-6-2-3-12(17)14(19)16-10-4-5-10/h8,10,12H,2-7H2,1H3,(H,16,19). The number of nitrogens with one attached hydrogen (secondary N) is 1. The summed E-state index contributed by atoms with van der Waals surface area (Å²) in [4.78, 5) is 30.5. The monoisotopic (exact) mass is 293 g/mol. The molecule has 3 rings (SSSR count). The van der Waals surface area contributed by atoms with Crippen LogP contribution < -0.4 is 5.32 Å². The molecule has 0 aromatic carbocycles. The highest BCUT2D eigenvalue weighted by Crippen LogP contribution is 2.23. The fourth-order valence-electron chi connectivity index (χ4n) is 2.61. The lowest BCUT2D eigenvalue weighted by molar-refractivity contribution is -0.138. The third kappa shape index (κ3) is 3.00. The molecular weight excluding hydrogens is 274 g/mol. The summed E-state index contributed by atoms with van der Waals surface area (Å²) in [5.74, 6) is 0.0385. The van der Waals surface area contributed by atoms with Crippen molar-refractivity contribution in [1.82, 2.24) is 15.2 Å². The zero-order valence-corrected chi connectivity index (χ0v) is 12.4. The van der Waals surface area contributed by atoms with Crippen LogP contribution in [0.15, 0.2) is 5.38 Å². The Hall–Kier alpha value is -1.43. The van der Waals surface area contributed by atoms with Crippen LogP contribution in [0.1, 0.15) is 36.4 Å². The highest BCUT2D eigenvalue weighted by atomic mass is 32.1. The lowest BCUT2D eigenvalue weighted by atomic mass is 10.2. The van der Waals surface area contributed by atoms with Crippen LogP contribution in [0.2, 0.25) is 0 Å². The second-order valence-corrected chi connectivity index (χ2v) is 6.62. The Morgan fingerprint density at radius 2 is 2.25 bits per heavy atom. The summed E-state index contributed by atoms with van der Waals surface area (Å²) in [6.45, 7) is 2.62. The highest BCUT2D eigenvalue weighted by Gasteiger charge is 2.36. The van der Waals surface area contributed by atoms with Gasteiger partial charge in [-0.3, -0.25) is 9.59 Å². The molecule has 2 heterocycles. The van der Waals surface area contributed by atoms with Gasteiger partial charge in [0.05, 0.1) is 17.1 Å². The van der Waals surface area contributed by atoms with Gasteiger partial charge in [0.15, 0.2) is 0 Å². The van der Waals surface area contributed by atoms with Crippen molar-refractivity contribution in [2.45, 2.75) is 51.1 Å². The van der Waals surface area contributed by atoms with E-state index in [4.69, 9.17) is 0 Å². The summed E-state index contributed by atoms with van der Waals surface area (Å²) >= 11 is 1.55. The summed E-state index contributed by atoms with van der Waals surface area (Å²) in [6, 6.07) is 0.0732. The number of thiazole rings is 1. The Morgan fingerprint density at radius 1 is 1.45 bits per heavy atom. The Bertz CT molecular complexity index is 524. The van der Waals surface area contributed by atoms with Crippen molar-refractivity contribution in [3.8, 4) is 0 Å². The highest BCUT2D eigenvalue weighted by molar-refractivity contribution is 7.09. The number of hydrogen-bond donors (Lipinski definition) is 1. The van der Waals surface area contributed by atoms with Crippen LogP contribution in [0.4, 0.5) is 0 Å². The van der Waals surface area contributed by atoms with E-state index in [1.54, 1.807) is 16.2 Å². The molecule has 1 saturated heterocycles. The fraction of sp³-hybridized carbons (Fsp3) is 0.643. The molecule has 1 aromatic heterocycles. The molecule has 0 spiro atoms. The topological polar surface area (TPSA) is 62.3 Å². The number of aromatic nitrogens is 1. The number of hydrogen-bond acceptors (Lipinski definition) is 4. The average molecular weight is 293 g/mol. The summed E-state index contributed by atoms with van der Waals surface area (Å²) < 4.78 is 0. The van der Waals surface area contributed by atoms with E-state index in [0.717, 1.165) is 36.4 Å². The molecule has 1 saturated carbocycles. The smallest absolute Gasteiger partial charge is 0.243 e. The van der Waals surface area contributed by atoms with Gasteiger partial charge in [-0.05, 0) is 32.6 Å². The Labute approximate surface area is 122 Å². The quantitative estimate of drug-likeness (QED) is 0.909. The first kappa shape index (κ1) is 13.5. The molecule has 0 bridgehead atoms. The van der Waals surface area contributed by atoms with Crippen molar-refractivity contribution in [3.63, 3.8) is 0 Å². The zero-order valence-electron chi connectivity index (χ0n) is 11.6. The molecular formula is C14H19N3O2S. The maximum atomic E-state index is 12.4. The third-order valence-electron chi connectivity index (χ3n) is 3.80. The van der Waals surface area contributed by atoms with Crippen LogP contribution in [0.25, 0.3) is 0 Å². The molecule has 1 aliphatic heterocycles. The Morgan fingerprint density at radius 3 is 2.90 bits per heavy atom. The van der Waals surface area contributed by atoms with Crippen LogP contribution in [0, 0.1) is 6.92 Å². The third-order valence-corrected chi connectivity index (χ3v) is 4.62. The molecule has 108 valence electrons. The van der Waals surface area contributed by atoms with E-state index in [1.165, 1.54) is 0 Å². The molecule has 2 amide bonds. The molecule has 0 radical (unpaired) electrons. The molecule has 1 aliphatic carbocycles. The van der Waals surface area contributed by atoms with Gasteiger partial charge in [0.1, 0.15) is 6.04 Å². The molecule has 20 heavy (non-hydrogen) atoms. The van der Waals surface area contributed by atoms with Crippen LogP contribution in [0.5, 0.6) is 0 Å². The number of carbonyl (C=O) groups excluding carboxylic acids is 2. The molecule has 1 atom stereocenters. The minimum absolute atomic E-state index is 0.0174. The van der Waals surface area contributed by atoms with E-state index in [1.807, 2.05) is 12.3 Å². The molecule has 1 unspecified atom stereocenters. The van der Waals surface area contributed by atoms with Gasteiger partial charge in [0, 0.05) is 18.0 Å². The van der Waals surface area contributed by atoms with Crippen LogP contribution in [-0.4, -0.2) is 40.3 Å². The van der Waals surface area contributed by atoms with Crippen molar-refractivity contribution in [2.24, 2.45) is 0 Å². The minimum Gasteiger partial charge on any atom is -0.352 e. The lowest BCUT2D eigenvalue weighted by Gasteiger charge is -2.23. The van der Waals surface area contributed by atoms with E-state index in [-0.39, 0.29) is 17.9 Å². The molecule has 2 fully saturated rings. The number of aryl methyl sites for hydroxylation is 1. The predicted molar refractivity (Wildman–Crippen MR) is 76.5 cm³/mol. The normalized spacial score (nSPS) is 22.1. The lowest BCUT2D eigenvalue weighted by Crippen LogP contribution is -2.47. The SMILES string of the molecule is Cc1nc(CC(=O)N2CCCC2C(=O)NC2CC2)cs1. The summed E-state index contributed by atoms with van der Waals surface area (Å²) in [5.41, 5.74) is 0.811. The first-order valence-electron chi connectivity index (χ1n) is 7.14. The fourth-order valence-corrected chi connectivity index (χ4v) is 3.22. The molecule has 5 nitrogen and oxygen atoms in total. The van der Waals surface area contributed by atoms with Crippen molar-refractivity contribution in [2.75, 3.05) is 6.54 Å². The van der Waals surface area contributed by atoms with Gasteiger partial charge >= 0.3 is 0 Å². The van der Waals surface area contributed by atoms with Crippen molar-refractivity contribution >= 4 is 23.2 Å². The van der Waals surface area contributed by atoms with Crippen LogP contribution in [-0.2, 0) is 16.0 Å². The summed E-state index contributed by atoms with van der Waals surface area (Å²) in [6.07, 6.45) is 4.14. The maximum absolute atomic E-state index is 12.4. The average Bonchev–Trinajstić information content (AvgIpc) is 2.92. The van der Waals surface area contributed by atoms with Gasteiger partial charge < -0.3 is 10.2 Å². The van der Waals surface area contributed by atoms with Gasteiger partial charge in [-0.1, -0.05) is 0 Å². The number of carbonyl (C=O) groups is 2. The van der Waals surface area contributed by atoms with Crippen molar-refractivity contribution < 1.29 is 9.59 Å². The van der Waals surface area contributed by atoms with Gasteiger partial charge in [-0.25, -0.2) is 4.98 Å². The van der Waals surface area contributed by atoms with E-state index in [0.29, 0.717) is 19.0 Å². The van der Waals surface area contributed by atoms with Crippen LogP contribution >= 0.6 is 11.3 Å². The van der Waals surface area contributed by atoms with E-state index in [2.05, 4.69) is 10.3 Å². The first-order chi connectivity index (χ1) is 9.63. The van der Waals surface area contributed by atoms with E-state index >= 15 is 0 Å². The van der Waals surface area contributed by atoms with E-state index in [9.17, 15) is 9.59 Å². The van der Waals surface area contributed by atoms with Crippen LogP contribution in [0.3, 0.4) is 0 Å². The minimum atomic E-state index is -0.275. The molecule has 1 aromatic rings.